The van der Waals surface area contributed by atoms with Crippen LogP contribution in [0.25, 0.3) is 21.9 Å². The summed E-state index contributed by atoms with van der Waals surface area (Å²) in [6.45, 7) is 0. The molecule has 0 saturated heterocycles. The minimum absolute atomic E-state index is 0.0819. The van der Waals surface area contributed by atoms with Crippen molar-refractivity contribution in [3.63, 3.8) is 0 Å². The zero-order valence-electron chi connectivity index (χ0n) is 17.0. The second kappa shape index (κ2) is 8.03. The number of hydrogen-bond acceptors (Lipinski definition) is 3. The van der Waals surface area contributed by atoms with Crippen molar-refractivity contribution >= 4 is 39.5 Å². The van der Waals surface area contributed by atoms with Crippen LogP contribution in [-0.2, 0) is 4.79 Å². The zero-order valence-corrected chi connectivity index (χ0v) is 17.0. The summed E-state index contributed by atoms with van der Waals surface area (Å²) in [5.74, 6) is -1.12. The van der Waals surface area contributed by atoms with Crippen LogP contribution in [0.3, 0.4) is 0 Å². The molecule has 0 spiro atoms. The van der Waals surface area contributed by atoms with E-state index in [0.717, 1.165) is 27.5 Å². The van der Waals surface area contributed by atoms with E-state index in [4.69, 9.17) is 0 Å². The van der Waals surface area contributed by atoms with Gasteiger partial charge in [0.25, 0.3) is 5.91 Å². The smallest absolute Gasteiger partial charge is 0.305 e. The van der Waals surface area contributed by atoms with Crippen LogP contribution in [0.2, 0.25) is 0 Å². The third-order valence-corrected chi connectivity index (χ3v) is 5.55. The molecule has 2 heterocycles. The molecule has 7 heteroatoms. The predicted molar refractivity (Wildman–Crippen MR) is 123 cm³/mol. The normalized spacial score (nSPS) is 12.1. The van der Waals surface area contributed by atoms with E-state index < -0.39 is 12.0 Å². The minimum Gasteiger partial charge on any atom is -0.481 e. The van der Waals surface area contributed by atoms with Gasteiger partial charge in [-0.05, 0) is 29.8 Å². The topological polar surface area (TPSA) is 100 Å². The quantitative estimate of drug-likeness (QED) is 0.363. The molecule has 0 aliphatic rings. The Kier molecular flexibility index (Phi) is 4.91. The second-order valence-corrected chi connectivity index (χ2v) is 7.58. The average Bonchev–Trinajstić information content (AvgIpc) is 3.42. The molecule has 3 aromatic carbocycles. The summed E-state index contributed by atoms with van der Waals surface area (Å²) in [5, 5.41) is 13.3. The van der Waals surface area contributed by atoms with Gasteiger partial charge >= 0.3 is 5.97 Å². The Balaban J connectivity index is 1.50. The van der Waals surface area contributed by atoms with Crippen LogP contribution >= 0.6 is 0 Å². The summed E-state index contributed by atoms with van der Waals surface area (Å²) in [6.07, 6.45) is 3.26. The number of aliphatic carboxylic acids is 1. The monoisotopic (exact) mass is 424 g/mol. The Hall–Kier alpha value is -4.39. The first-order valence-corrected chi connectivity index (χ1v) is 10.2. The number of aromatic amines is 1. The Bertz CT molecular complexity index is 1440. The van der Waals surface area contributed by atoms with E-state index in [1.165, 1.54) is 0 Å². The largest absolute Gasteiger partial charge is 0.481 e. The van der Waals surface area contributed by atoms with Crippen LogP contribution in [0.4, 0.5) is 5.69 Å². The van der Waals surface area contributed by atoms with Crippen LogP contribution < -0.4 is 5.32 Å². The van der Waals surface area contributed by atoms with Gasteiger partial charge in [0.05, 0.1) is 35.4 Å². The number of nitrogens with zero attached hydrogens (tertiary/aromatic N) is 2. The van der Waals surface area contributed by atoms with Gasteiger partial charge in [-0.1, -0.05) is 48.5 Å². The van der Waals surface area contributed by atoms with Crippen molar-refractivity contribution in [2.45, 2.75) is 12.5 Å². The molecule has 0 fully saturated rings. The number of amides is 1. The van der Waals surface area contributed by atoms with Crippen LogP contribution in [0, 0.1) is 0 Å². The molecule has 1 unspecified atom stereocenters. The second-order valence-electron chi connectivity index (χ2n) is 7.58. The lowest BCUT2D eigenvalue weighted by atomic mass is 10.0. The molecule has 32 heavy (non-hydrogen) atoms. The van der Waals surface area contributed by atoms with Gasteiger partial charge in [0.1, 0.15) is 0 Å². The molecule has 1 amide bonds. The number of benzene rings is 3. The summed E-state index contributed by atoms with van der Waals surface area (Å²) in [7, 11) is 0. The van der Waals surface area contributed by atoms with E-state index in [1.807, 2.05) is 71.3 Å². The number of rotatable bonds is 6. The SMILES string of the molecule is O=C(O)CC(c1ccccc1)n1cnc2ccc(NC(=O)c3c[nH]c4ccccc34)cc21. The Morgan fingerprint density at radius 2 is 1.81 bits per heavy atom. The van der Waals surface area contributed by atoms with Crippen molar-refractivity contribution in [2.24, 2.45) is 0 Å². The van der Waals surface area contributed by atoms with Crippen LogP contribution in [-0.4, -0.2) is 31.5 Å². The summed E-state index contributed by atoms with van der Waals surface area (Å²) in [4.78, 5) is 32.0. The standard InChI is InChI=1S/C25H20N4O3/c30-24(31)13-22(16-6-2-1-3-7-16)29-15-27-21-11-10-17(12-23(21)29)28-25(32)19-14-26-20-9-5-4-8-18(19)20/h1-12,14-15,22,26H,13H2,(H,28,32)(H,30,31). The number of carboxylic acid groups (broad SMARTS) is 1. The average molecular weight is 424 g/mol. The van der Waals surface area contributed by atoms with E-state index in [9.17, 15) is 14.7 Å². The van der Waals surface area contributed by atoms with Gasteiger partial charge < -0.3 is 20.0 Å². The van der Waals surface area contributed by atoms with E-state index in [2.05, 4.69) is 15.3 Å². The molecule has 0 aliphatic carbocycles. The van der Waals surface area contributed by atoms with Gasteiger partial charge in [0, 0.05) is 22.8 Å². The van der Waals surface area contributed by atoms with Gasteiger partial charge in [0.2, 0.25) is 0 Å². The molecular formula is C25H20N4O3. The van der Waals surface area contributed by atoms with E-state index in [0.29, 0.717) is 11.3 Å². The van der Waals surface area contributed by atoms with Crippen molar-refractivity contribution in [3.8, 4) is 0 Å². The number of para-hydroxylation sites is 1. The maximum absolute atomic E-state index is 12.9. The fourth-order valence-electron chi connectivity index (χ4n) is 4.03. The number of H-pyrrole nitrogens is 1. The van der Waals surface area contributed by atoms with Crippen molar-refractivity contribution in [1.29, 1.82) is 0 Å². The number of fused-ring (bicyclic) bond motifs is 2. The number of anilines is 1. The number of carbonyl (C=O) groups is 2. The Morgan fingerprint density at radius 1 is 1.03 bits per heavy atom. The summed E-state index contributed by atoms with van der Waals surface area (Å²) in [5.41, 5.74) is 4.41. The van der Waals surface area contributed by atoms with E-state index >= 15 is 0 Å². The van der Waals surface area contributed by atoms with Crippen molar-refractivity contribution in [3.05, 3.63) is 96.4 Å². The first-order valence-electron chi connectivity index (χ1n) is 10.2. The van der Waals surface area contributed by atoms with E-state index in [-0.39, 0.29) is 12.3 Å². The highest BCUT2D eigenvalue weighted by atomic mass is 16.4. The molecule has 0 aliphatic heterocycles. The molecule has 5 aromatic rings. The maximum atomic E-state index is 12.9. The molecule has 2 aromatic heterocycles. The Morgan fingerprint density at radius 3 is 2.62 bits per heavy atom. The summed E-state index contributed by atoms with van der Waals surface area (Å²) >= 11 is 0. The Labute approximate surface area is 183 Å². The lowest BCUT2D eigenvalue weighted by molar-refractivity contribution is -0.137. The predicted octanol–water partition coefficient (Wildman–Crippen LogP) is 4.83. The highest BCUT2D eigenvalue weighted by Gasteiger charge is 2.20. The van der Waals surface area contributed by atoms with Gasteiger partial charge in [-0.15, -0.1) is 0 Å². The minimum atomic E-state index is -0.899. The third kappa shape index (κ3) is 3.60. The fraction of sp³-hybridized carbons (Fsp3) is 0.0800. The molecule has 158 valence electrons. The van der Waals surface area contributed by atoms with E-state index in [1.54, 1.807) is 18.6 Å². The fourth-order valence-corrected chi connectivity index (χ4v) is 4.03. The molecular weight excluding hydrogens is 404 g/mol. The van der Waals surface area contributed by atoms with Crippen molar-refractivity contribution < 1.29 is 14.7 Å². The molecule has 3 N–H and O–H groups in total. The molecule has 7 nitrogen and oxygen atoms in total. The van der Waals surface area contributed by atoms with Gasteiger partial charge in [-0.25, -0.2) is 4.98 Å². The highest BCUT2D eigenvalue weighted by molar-refractivity contribution is 6.13. The maximum Gasteiger partial charge on any atom is 0.305 e. The summed E-state index contributed by atoms with van der Waals surface area (Å²) < 4.78 is 1.85. The molecule has 0 saturated carbocycles. The first-order chi connectivity index (χ1) is 15.6. The lowest BCUT2D eigenvalue weighted by Gasteiger charge is -2.18. The van der Waals surface area contributed by atoms with Gasteiger partial charge in [-0.3, -0.25) is 9.59 Å². The van der Waals surface area contributed by atoms with Crippen molar-refractivity contribution in [1.82, 2.24) is 14.5 Å². The highest BCUT2D eigenvalue weighted by Crippen LogP contribution is 2.28. The van der Waals surface area contributed by atoms with Crippen molar-refractivity contribution in [2.75, 3.05) is 5.32 Å². The number of carboxylic acids is 1. The van der Waals surface area contributed by atoms with Crippen LogP contribution in [0.15, 0.2) is 85.3 Å². The summed E-state index contributed by atoms with van der Waals surface area (Å²) in [6, 6.07) is 22.1. The number of imidazole rings is 1. The van der Waals surface area contributed by atoms with Crippen LogP contribution in [0.1, 0.15) is 28.4 Å². The third-order valence-electron chi connectivity index (χ3n) is 5.55. The van der Waals surface area contributed by atoms with Crippen LogP contribution in [0.5, 0.6) is 0 Å². The number of aromatic nitrogens is 3. The number of hydrogen-bond donors (Lipinski definition) is 3. The van der Waals surface area contributed by atoms with Gasteiger partial charge in [-0.2, -0.15) is 0 Å². The molecule has 5 rings (SSSR count). The number of carbonyl (C=O) groups excluding carboxylic acids is 1. The van der Waals surface area contributed by atoms with Gasteiger partial charge in [0.15, 0.2) is 0 Å². The zero-order chi connectivity index (χ0) is 22.1. The molecule has 1 atom stereocenters. The molecule has 0 radical (unpaired) electrons. The first kappa shape index (κ1) is 19.6. The molecule has 0 bridgehead atoms. The number of nitrogens with one attached hydrogen (secondary N) is 2. The lowest BCUT2D eigenvalue weighted by Crippen LogP contribution is -2.15.